The van der Waals surface area contributed by atoms with E-state index < -0.39 is 11.9 Å². The number of ether oxygens (including phenoxy) is 2. The SMILES string of the molecule is COC(=O)c1c(C)[nH]c(C(=O)COc2ccccc2C(N)=O)c1C. The molecular formula is C17H18N2O5. The molecule has 1 aromatic carbocycles. The van der Waals surface area contributed by atoms with Gasteiger partial charge in [0.2, 0.25) is 5.78 Å². The lowest BCUT2D eigenvalue weighted by molar-refractivity contribution is 0.0599. The summed E-state index contributed by atoms with van der Waals surface area (Å²) in [4.78, 5) is 38.4. The van der Waals surface area contributed by atoms with Crippen LogP contribution in [0.15, 0.2) is 24.3 Å². The fourth-order valence-corrected chi connectivity index (χ4v) is 2.45. The van der Waals surface area contributed by atoms with Gasteiger partial charge in [0.15, 0.2) is 6.61 Å². The van der Waals surface area contributed by atoms with Gasteiger partial charge in [-0.25, -0.2) is 4.79 Å². The minimum Gasteiger partial charge on any atom is -0.485 e. The molecule has 3 N–H and O–H groups in total. The Kier molecular flexibility index (Phi) is 5.03. The van der Waals surface area contributed by atoms with Crippen molar-refractivity contribution in [1.82, 2.24) is 4.98 Å². The van der Waals surface area contributed by atoms with E-state index in [2.05, 4.69) is 4.98 Å². The Hall–Kier alpha value is -3.09. The number of aryl methyl sites for hydroxylation is 1. The van der Waals surface area contributed by atoms with Gasteiger partial charge in [0.05, 0.1) is 23.9 Å². The van der Waals surface area contributed by atoms with Crippen molar-refractivity contribution < 1.29 is 23.9 Å². The molecule has 0 aliphatic carbocycles. The monoisotopic (exact) mass is 330 g/mol. The van der Waals surface area contributed by atoms with Gasteiger partial charge in [-0.05, 0) is 31.5 Å². The first kappa shape index (κ1) is 17.3. The molecule has 7 nitrogen and oxygen atoms in total. The summed E-state index contributed by atoms with van der Waals surface area (Å²) in [5, 5.41) is 0. The first-order chi connectivity index (χ1) is 11.4. The number of nitrogens with two attached hydrogens (primary N) is 1. The van der Waals surface area contributed by atoms with E-state index in [1.54, 1.807) is 32.0 Å². The van der Waals surface area contributed by atoms with Crippen LogP contribution in [0.4, 0.5) is 0 Å². The number of hydrogen-bond acceptors (Lipinski definition) is 5. The van der Waals surface area contributed by atoms with Crippen LogP contribution in [0, 0.1) is 13.8 Å². The number of H-pyrrole nitrogens is 1. The predicted molar refractivity (Wildman–Crippen MR) is 86.4 cm³/mol. The molecule has 2 rings (SSSR count). The molecule has 0 radical (unpaired) electrons. The van der Waals surface area contributed by atoms with Crippen LogP contribution < -0.4 is 10.5 Å². The molecule has 0 saturated carbocycles. The zero-order valence-electron chi connectivity index (χ0n) is 13.6. The van der Waals surface area contributed by atoms with Crippen LogP contribution >= 0.6 is 0 Å². The largest absolute Gasteiger partial charge is 0.485 e. The summed E-state index contributed by atoms with van der Waals surface area (Å²) < 4.78 is 10.1. The number of aromatic amines is 1. The van der Waals surface area contributed by atoms with Gasteiger partial charge in [0, 0.05) is 5.69 Å². The van der Waals surface area contributed by atoms with E-state index in [0.29, 0.717) is 16.8 Å². The molecule has 1 amide bonds. The van der Waals surface area contributed by atoms with E-state index in [-0.39, 0.29) is 29.4 Å². The van der Waals surface area contributed by atoms with Gasteiger partial charge in [-0.2, -0.15) is 0 Å². The summed E-state index contributed by atoms with van der Waals surface area (Å²) >= 11 is 0. The Morgan fingerprint density at radius 1 is 1.17 bits per heavy atom. The van der Waals surface area contributed by atoms with Crippen LogP contribution in [0.5, 0.6) is 5.75 Å². The van der Waals surface area contributed by atoms with Crippen molar-refractivity contribution in [3.05, 3.63) is 52.3 Å². The van der Waals surface area contributed by atoms with Crippen molar-refractivity contribution in [3.63, 3.8) is 0 Å². The average molecular weight is 330 g/mol. The maximum Gasteiger partial charge on any atom is 0.339 e. The van der Waals surface area contributed by atoms with E-state index in [1.165, 1.54) is 13.2 Å². The molecule has 0 bridgehead atoms. The molecule has 0 saturated heterocycles. The van der Waals surface area contributed by atoms with Gasteiger partial charge in [-0.15, -0.1) is 0 Å². The van der Waals surface area contributed by atoms with E-state index in [1.807, 2.05) is 0 Å². The van der Waals surface area contributed by atoms with Crippen LogP contribution in [0.3, 0.4) is 0 Å². The number of nitrogens with one attached hydrogen (secondary N) is 1. The molecule has 1 aromatic heterocycles. The Balaban J connectivity index is 2.20. The van der Waals surface area contributed by atoms with Gasteiger partial charge in [0.1, 0.15) is 5.75 Å². The quantitative estimate of drug-likeness (QED) is 0.619. The number of methoxy groups -OCH3 is 1. The molecule has 1 heterocycles. The summed E-state index contributed by atoms with van der Waals surface area (Å²) in [6.45, 7) is 3.03. The molecule has 2 aromatic rings. The first-order valence-electron chi connectivity index (χ1n) is 7.19. The van der Waals surface area contributed by atoms with Crippen molar-refractivity contribution in [2.24, 2.45) is 5.73 Å². The van der Waals surface area contributed by atoms with Gasteiger partial charge < -0.3 is 20.2 Å². The fraction of sp³-hybridized carbons (Fsp3) is 0.235. The predicted octanol–water partition coefficient (Wildman–Crippen LogP) is 1.78. The fourth-order valence-electron chi connectivity index (χ4n) is 2.45. The smallest absolute Gasteiger partial charge is 0.339 e. The van der Waals surface area contributed by atoms with E-state index in [0.717, 1.165) is 0 Å². The van der Waals surface area contributed by atoms with Crippen molar-refractivity contribution >= 4 is 17.7 Å². The topological polar surface area (TPSA) is 111 Å². The normalized spacial score (nSPS) is 10.3. The van der Waals surface area contributed by atoms with Crippen LogP contribution in [0.25, 0.3) is 0 Å². The van der Waals surface area contributed by atoms with Crippen molar-refractivity contribution in [1.29, 1.82) is 0 Å². The minimum atomic E-state index is -0.641. The van der Waals surface area contributed by atoms with Gasteiger partial charge in [-0.1, -0.05) is 12.1 Å². The molecule has 0 fully saturated rings. The Morgan fingerprint density at radius 3 is 2.46 bits per heavy atom. The third-order valence-electron chi connectivity index (χ3n) is 3.62. The first-order valence-corrected chi connectivity index (χ1v) is 7.19. The summed E-state index contributed by atoms with van der Waals surface area (Å²) in [5.74, 6) is -1.28. The molecular weight excluding hydrogens is 312 g/mol. The molecule has 0 atom stereocenters. The zero-order valence-corrected chi connectivity index (χ0v) is 13.6. The van der Waals surface area contributed by atoms with Gasteiger partial charge in [-0.3, -0.25) is 9.59 Å². The van der Waals surface area contributed by atoms with Gasteiger partial charge >= 0.3 is 5.97 Å². The van der Waals surface area contributed by atoms with E-state index in [9.17, 15) is 14.4 Å². The molecule has 7 heteroatoms. The lowest BCUT2D eigenvalue weighted by Crippen LogP contribution is -2.17. The molecule has 126 valence electrons. The highest BCUT2D eigenvalue weighted by molar-refractivity contribution is 6.02. The molecule has 0 aliphatic heterocycles. The van der Waals surface area contributed by atoms with Crippen molar-refractivity contribution in [2.75, 3.05) is 13.7 Å². The number of benzene rings is 1. The third-order valence-corrected chi connectivity index (χ3v) is 3.62. The zero-order chi connectivity index (χ0) is 17.9. The number of carbonyl (C=O) groups is 3. The van der Waals surface area contributed by atoms with Crippen LogP contribution in [-0.2, 0) is 4.74 Å². The van der Waals surface area contributed by atoms with E-state index >= 15 is 0 Å². The summed E-state index contributed by atoms with van der Waals surface area (Å²) in [6.07, 6.45) is 0. The number of hydrogen-bond donors (Lipinski definition) is 2. The Bertz CT molecular complexity index is 807. The second kappa shape index (κ2) is 6.99. The molecule has 0 unspecified atom stereocenters. The average Bonchev–Trinajstić information content (AvgIpc) is 2.86. The maximum absolute atomic E-state index is 12.4. The molecule has 24 heavy (non-hydrogen) atoms. The number of para-hydroxylation sites is 1. The Labute approximate surface area is 138 Å². The molecule has 0 spiro atoms. The lowest BCUT2D eigenvalue weighted by Gasteiger charge is -2.08. The Morgan fingerprint density at radius 2 is 1.83 bits per heavy atom. The maximum atomic E-state index is 12.4. The number of ketones is 1. The minimum absolute atomic E-state index is 0.194. The van der Waals surface area contributed by atoms with Crippen LogP contribution in [-0.4, -0.2) is 36.4 Å². The highest BCUT2D eigenvalue weighted by atomic mass is 16.5. The summed E-state index contributed by atoms with van der Waals surface area (Å²) in [5.41, 5.74) is 7.10. The van der Waals surface area contributed by atoms with Crippen molar-refractivity contribution in [3.8, 4) is 5.75 Å². The number of rotatable bonds is 6. The number of amides is 1. The highest BCUT2D eigenvalue weighted by Gasteiger charge is 2.23. The summed E-state index contributed by atoms with van der Waals surface area (Å²) in [7, 11) is 1.28. The number of Topliss-reactive ketones (excluding diaryl/α,β-unsaturated/α-hetero) is 1. The standard InChI is InChI=1S/C17H18N2O5/c1-9-14(17(22)23-3)10(2)19-15(9)12(20)8-24-13-7-5-4-6-11(13)16(18)21/h4-7,19H,8H2,1-3H3,(H2,18,21). The van der Waals surface area contributed by atoms with Crippen LogP contribution in [0.1, 0.15) is 42.5 Å². The summed E-state index contributed by atoms with van der Waals surface area (Å²) in [6, 6.07) is 6.39. The van der Waals surface area contributed by atoms with Gasteiger partial charge in [0.25, 0.3) is 5.91 Å². The van der Waals surface area contributed by atoms with Crippen molar-refractivity contribution in [2.45, 2.75) is 13.8 Å². The number of primary amides is 1. The number of carbonyl (C=O) groups excluding carboxylic acids is 3. The van der Waals surface area contributed by atoms with E-state index in [4.69, 9.17) is 15.2 Å². The second-order valence-electron chi connectivity index (χ2n) is 5.19. The lowest BCUT2D eigenvalue weighted by atomic mass is 10.1. The third kappa shape index (κ3) is 3.29. The van der Waals surface area contributed by atoms with Crippen LogP contribution in [0.2, 0.25) is 0 Å². The number of esters is 1. The number of aromatic nitrogens is 1. The molecule has 0 aliphatic rings. The highest BCUT2D eigenvalue weighted by Crippen LogP contribution is 2.21. The second-order valence-corrected chi connectivity index (χ2v) is 5.19.